The Labute approximate surface area is 198 Å². The number of carbonyl (C=O) groups excluding carboxylic acids is 2. The van der Waals surface area contributed by atoms with Gasteiger partial charge in [0.2, 0.25) is 0 Å². The fourth-order valence-electron chi connectivity index (χ4n) is 3.73. The second-order valence-corrected chi connectivity index (χ2v) is 8.20. The number of rotatable bonds is 7. The lowest BCUT2D eigenvalue weighted by molar-refractivity contribution is -0.111. The Bertz CT molecular complexity index is 1150. The predicted molar refractivity (Wildman–Crippen MR) is 132 cm³/mol. The van der Waals surface area contributed by atoms with Gasteiger partial charge in [0.1, 0.15) is 0 Å². The molecule has 3 aromatic carbocycles. The van der Waals surface area contributed by atoms with Gasteiger partial charge in [-0.3, -0.25) is 9.59 Å². The van der Waals surface area contributed by atoms with Crippen LogP contribution in [0.5, 0.6) is 0 Å². The zero-order valence-corrected chi connectivity index (χ0v) is 18.8. The number of anilines is 1. The van der Waals surface area contributed by atoms with Crippen LogP contribution >= 0.6 is 11.6 Å². The highest BCUT2D eigenvalue weighted by atomic mass is 35.5. The third kappa shape index (κ3) is 5.89. The number of halogens is 1. The number of nitrogens with one attached hydrogen (secondary N) is 2. The summed E-state index contributed by atoms with van der Waals surface area (Å²) in [5, 5.41) is 6.38. The molecule has 6 heteroatoms. The van der Waals surface area contributed by atoms with Crippen molar-refractivity contribution < 1.29 is 14.3 Å². The van der Waals surface area contributed by atoms with Crippen molar-refractivity contribution in [2.45, 2.75) is 18.9 Å². The molecule has 2 amide bonds. The van der Waals surface area contributed by atoms with Crippen molar-refractivity contribution in [3.63, 3.8) is 0 Å². The molecule has 5 nitrogen and oxygen atoms in total. The molecule has 0 unspecified atom stereocenters. The summed E-state index contributed by atoms with van der Waals surface area (Å²) in [5.74, 6) is -0.585. The van der Waals surface area contributed by atoms with Crippen LogP contribution in [-0.2, 0) is 9.53 Å². The zero-order valence-electron chi connectivity index (χ0n) is 18.1. The van der Waals surface area contributed by atoms with Crippen LogP contribution < -0.4 is 10.6 Å². The normalized spacial score (nSPS) is 15.8. The average Bonchev–Trinajstić information content (AvgIpc) is 3.36. The summed E-state index contributed by atoms with van der Waals surface area (Å²) in [7, 11) is 0. The fraction of sp³-hybridized carbons (Fsp3) is 0.185. The Kier molecular flexibility index (Phi) is 7.55. The van der Waals surface area contributed by atoms with Crippen molar-refractivity contribution in [3.8, 4) is 0 Å². The lowest BCUT2D eigenvalue weighted by atomic mass is 10.0. The number of carbonyl (C=O) groups is 2. The van der Waals surface area contributed by atoms with Crippen LogP contribution in [0.1, 0.15) is 34.3 Å². The number of para-hydroxylation sites is 1. The molecule has 1 aliphatic rings. The molecule has 0 bridgehead atoms. The molecule has 0 radical (unpaired) electrons. The topological polar surface area (TPSA) is 67.4 Å². The zero-order chi connectivity index (χ0) is 23.0. The lowest BCUT2D eigenvalue weighted by Gasteiger charge is -2.15. The lowest BCUT2D eigenvalue weighted by Crippen LogP contribution is -2.32. The highest BCUT2D eigenvalue weighted by molar-refractivity contribution is 6.34. The van der Waals surface area contributed by atoms with Crippen LogP contribution in [0, 0.1) is 0 Å². The number of hydrogen-bond donors (Lipinski definition) is 2. The van der Waals surface area contributed by atoms with Gasteiger partial charge in [-0.1, -0.05) is 72.3 Å². The Morgan fingerprint density at radius 3 is 2.45 bits per heavy atom. The molecule has 2 N–H and O–H groups in total. The predicted octanol–water partition coefficient (Wildman–Crippen LogP) is 5.43. The van der Waals surface area contributed by atoms with E-state index >= 15 is 0 Å². The van der Waals surface area contributed by atoms with Gasteiger partial charge in [-0.25, -0.2) is 0 Å². The van der Waals surface area contributed by atoms with Crippen molar-refractivity contribution in [1.29, 1.82) is 0 Å². The molecule has 1 heterocycles. The van der Waals surface area contributed by atoms with E-state index in [1.54, 1.807) is 36.4 Å². The van der Waals surface area contributed by atoms with E-state index in [-0.39, 0.29) is 17.9 Å². The third-order valence-electron chi connectivity index (χ3n) is 5.47. The van der Waals surface area contributed by atoms with Crippen molar-refractivity contribution in [3.05, 3.63) is 101 Å². The van der Waals surface area contributed by atoms with Crippen LogP contribution in [0.4, 0.5) is 5.69 Å². The first-order valence-electron chi connectivity index (χ1n) is 10.9. The van der Waals surface area contributed by atoms with Gasteiger partial charge in [-0.2, -0.15) is 0 Å². The Morgan fingerprint density at radius 1 is 0.970 bits per heavy atom. The summed E-state index contributed by atoms with van der Waals surface area (Å²) in [6, 6.07) is 23.7. The van der Waals surface area contributed by atoms with Crippen molar-refractivity contribution in [2.24, 2.45) is 0 Å². The molecule has 1 fully saturated rings. The third-order valence-corrected chi connectivity index (χ3v) is 5.81. The molecule has 1 saturated heterocycles. The Morgan fingerprint density at radius 2 is 1.70 bits per heavy atom. The quantitative estimate of drug-likeness (QED) is 0.365. The second-order valence-electron chi connectivity index (χ2n) is 7.79. The summed E-state index contributed by atoms with van der Waals surface area (Å²) in [5.41, 5.74) is 2.76. The molecule has 4 rings (SSSR count). The summed E-state index contributed by atoms with van der Waals surface area (Å²) < 4.78 is 5.58. The average molecular weight is 461 g/mol. The monoisotopic (exact) mass is 460 g/mol. The van der Waals surface area contributed by atoms with E-state index in [0.717, 1.165) is 30.6 Å². The van der Waals surface area contributed by atoms with E-state index in [0.29, 0.717) is 28.4 Å². The maximum Gasteiger partial charge on any atom is 0.256 e. The van der Waals surface area contributed by atoms with E-state index in [9.17, 15) is 9.59 Å². The number of benzene rings is 3. The first-order valence-corrected chi connectivity index (χ1v) is 11.3. The summed E-state index contributed by atoms with van der Waals surface area (Å²) in [4.78, 5) is 26.2. The smallest absolute Gasteiger partial charge is 0.256 e. The first kappa shape index (κ1) is 22.8. The molecule has 0 aromatic heterocycles. The molecule has 3 aromatic rings. The molecule has 1 atom stereocenters. The summed E-state index contributed by atoms with van der Waals surface area (Å²) >= 11 is 6.34. The minimum absolute atomic E-state index is 0.0407. The van der Waals surface area contributed by atoms with E-state index in [1.807, 2.05) is 48.5 Å². The van der Waals surface area contributed by atoms with Crippen LogP contribution in [0.2, 0.25) is 5.02 Å². The second kappa shape index (κ2) is 10.9. The van der Waals surface area contributed by atoms with Gasteiger partial charge in [0.25, 0.3) is 11.8 Å². The molecule has 0 aliphatic carbocycles. The van der Waals surface area contributed by atoms with Gasteiger partial charge in [-0.15, -0.1) is 0 Å². The SMILES string of the molecule is O=C(Nc1ccccc1C(=O)NC[C@@H]1CCCO1)/C(=C/c1ccccc1Cl)c1ccccc1. The van der Waals surface area contributed by atoms with Gasteiger partial charge in [0.15, 0.2) is 0 Å². The molecular formula is C27H25ClN2O3. The first-order chi connectivity index (χ1) is 16.1. The molecular weight excluding hydrogens is 436 g/mol. The number of ether oxygens (including phenoxy) is 1. The Balaban J connectivity index is 1.58. The van der Waals surface area contributed by atoms with E-state index < -0.39 is 0 Å². The molecule has 0 saturated carbocycles. The minimum atomic E-state index is -0.333. The van der Waals surface area contributed by atoms with Crippen LogP contribution in [0.15, 0.2) is 78.9 Å². The summed E-state index contributed by atoms with van der Waals surface area (Å²) in [6.45, 7) is 1.18. The molecule has 168 valence electrons. The van der Waals surface area contributed by atoms with Gasteiger partial charge < -0.3 is 15.4 Å². The van der Waals surface area contributed by atoms with Crippen molar-refractivity contribution in [2.75, 3.05) is 18.5 Å². The van der Waals surface area contributed by atoms with Gasteiger partial charge in [0, 0.05) is 23.7 Å². The van der Waals surface area contributed by atoms with E-state index in [1.165, 1.54) is 0 Å². The highest BCUT2D eigenvalue weighted by Gasteiger charge is 2.20. The standard InChI is InChI=1S/C27H25ClN2O3/c28-24-14-6-4-11-20(24)17-23(19-9-2-1-3-10-19)27(32)30-25-15-7-5-13-22(25)26(31)29-18-21-12-8-16-33-21/h1-7,9-11,13-15,17,21H,8,12,16,18H2,(H,29,31)(H,30,32)/b23-17+/t21-/m0/s1. The largest absolute Gasteiger partial charge is 0.376 e. The number of hydrogen-bond acceptors (Lipinski definition) is 3. The van der Waals surface area contributed by atoms with Gasteiger partial charge >= 0.3 is 0 Å². The Hall–Kier alpha value is -3.41. The maximum atomic E-state index is 13.4. The molecule has 33 heavy (non-hydrogen) atoms. The maximum absolute atomic E-state index is 13.4. The van der Waals surface area contributed by atoms with Crippen LogP contribution in [0.25, 0.3) is 11.6 Å². The van der Waals surface area contributed by atoms with Crippen molar-refractivity contribution >= 4 is 40.8 Å². The number of amides is 2. The summed E-state index contributed by atoms with van der Waals surface area (Å²) in [6.07, 6.45) is 3.74. The highest BCUT2D eigenvalue weighted by Crippen LogP contribution is 2.25. The van der Waals surface area contributed by atoms with Crippen LogP contribution in [0.3, 0.4) is 0 Å². The van der Waals surface area contributed by atoms with E-state index in [2.05, 4.69) is 10.6 Å². The fourth-order valence-corrected chi connectivity index (χ4v) is 3.92. The van der Waals surface area contributed by atoms with Crippen molar-refractivity contribution in [1.82, 2.24) is 5.32 Å². The van der Waals surface area contributed by atoms with E-state index in [4.69, 9.17) is 16.3 Å². The van der Waals surface area contributed by atoms with Gasteiger partial charge in [-0.05, 0) is 48.2 Å². The molecule has 1 aliphatic heterocycles. The minimum Gasteiger partial charge on any atom is -0.376 e. The van der Waals surface area contributed by atoms with Crippen LogP contribution in [-0.4, -0.2) is 31.1 Å². The molecule has 0 spiro atoms. The van der Waals surface area contributed by atoms with Gasteiger partial charge in [0.05, 0.1) is 17.4 Å².